The van der Waals surface area contributed by atoms with Gasteiger partial charge in [-0.15, -0.1) is 0 Å². The van der Waals surface area contributed by atoms with Crippen LogP contribution in [0.1, 0.15) is 25.0 Å². The van der Waals surface area contributed by atoms with Gasteiger partial charge in [0.15, 0.2) is 6.61 Å². The van der Waals surface area contributed by atoms with E-state index in [0.29, 0.717) is 11.3 Å². The number of nitrogens with zero attached hydrogens (tertiary/aromatic N) is 3. The van der Waals surface area contributed by atoms with Crippen LogP contribution in [0.2, 0.25) is 0 Å². The van der Waals surface area contributed by atoms with E-state index in [4.69, 9.17) is 4.74 Å². The zero-order valence-corrected chi connectivity index (χ0v) is 25.0. The van der Waals surface area contributed by atoms with E-state index in [9.17, 15) is 24.5 Å². The fourth-order valence-electron chi connectivity index (χ4n) is 4.89. The summed E-state index contributed by atoms with van der Waals surface area (Å²) in [6, 6.07) is 24.8. The third kappa shape index (κ3) is 6.90. The predicted molar refractivity (Wildman–Crippen MR) is 173 cm³/mol. The number of imide groups is 1. The fraction of sp³-hybridized carbons (Fsp3) is 0.182. The Morgan fingerprint density at radius 2 is 1.75 bits per heavy atom. The molecule has 0 unspecified atom stereocenters. The monoisotopic (exact) mass is 610 g/mol. The Kier molecular flexibility index (Phi) is 9.25. The van der Waals surface area contributed by atoms with Crippen molar-refractivity contribution in [3.05, 3.63) is 111 Å². The van der Waals surface area contributed by atoms with Gasteiger partial charge in [0.1, 0.15) is 5.75 Å². The average Bonchev–Trinajstić information content (AvgIpc) is 3.28. The molecule has 0 radical (unpaired) electrons. The van der Waals surface area contributed by atoms with Gasteiger partial charge in [0, 0.05) is 48.2 Å². The molecule has 4 aromatic carbocycles. The van der Waals surface area contributed by atoms with Crippen molar-refractivity contribution in [1.29, 1.82) is 0 Å². The van der Waals surface area contributed by atoms with Crippen molar-refractivity contribution in [2.75, 3.05) is 29.9 Å². The Labute approximate surface area is 258 Å². The van der Waals surface area contributed by atoms with Gasteiger partial charge in [-0.25, -0.2) is 0 Å². The van der Waals surface area contributed by atoms with E-state index in [1.807, 2.05) is 62.4 Å². The number of thioether (sulfide) groups is 1. The van der Waals surface area contributed by atoms with Crippen LogP contribution >= 0.6 is 11.8 Å². The summed E-state index contributed by atoms with van der Waals surface area (Å²) in [5.41, 5.74) is 2.36. The minimum absolute atomic E-state index is 0.146. The maximum atomic E-state index is 13.4. The minimum Gasteiger partial charge on any atom is -0.483 e. The van der Waals surface area contributed by atoms with Gasteiger partial charge in [-0.05, 0) is 72.3 Å². The summed E-state index contributed by atoms with van der Waals surface area (Å²) in [6.45, 7) is 5.31. The molecule has 0 aromatic heterocycles. The number of rotatable bonds is 11. The van der Waals surface area contributed by atoms with Crippen molar-refractivity contribution < 1.29 is 24.0 Å². The smallest absolute Gasteiger partial charge is 0.293 e. The topological polar surface area (TPSA) is 122 Å². The fourth-order valence-corrected chi connectivity index (χ4v) is 5.72. The molecule has 10 nitrogen and oxygen atoms in total. The van der Waals surface area contributed by atoms with Gasteiger partial charge in [0.2, 0.25) is 0 Å². The molecule has 4 aromatic rings. The molecule has 0 aliphatic carbocycles. The lowest BCUT2D eigenvalue weighted by molar-refractivity contribution is -0.384. The lowest BCUT2D eigenvalue weighted by Crippen LogP contribution is -2.27. The zero-order valence-electron chi connectivity index (χ0n) is 24.2. The molecule has 0 atom stereocenters. The largest absolute Gasteiger partial charge is 0.483 e. The molecule has 224 valence electrons. The molecule has 0 bridgehead atoms. The van der Waals surface area contributed by atoms with Crippen molar-refractivity contribution in [1.82, 2.24) is 4.90 Å². The molecule has 0 saturated carbocycles. The SMILES string of the molecule is CCN(CC)c1ccc(/C=C2\SC(=O)N(Cc3ccc4ccccc4c3)C2=O)c(OCC(=O)Nc2cccc([N+](=O)[O-])c2)c1. The number of anilines is 2. The maximum Gasteiger partial charge on any atom is 0.293 e. The number of hydrogen-bond donors (Lipinski definition) is 1. The summed E-state index contributed by atoms with van der Waals surface area (Å²) < 4.78 is 5.93. The van der Waals surface area contributed by atoms with Gasteiger partial charge in [0.05, 0.1) is 16.4 Å². The second-order valence-electron chi connectivity index (χ2n) is 9.99. The molecule has 1 N–H and O–H groups in total. The minimum atomic E-state index is -0.541. The summed E-state index contributed by atoms with van der Waals surface area (Å²) in [5.74, 6) is -0.569. The molecule has 1 aliphatic rings. The first-order valence-electron chi connectivity index (χ1n) is 14.0. The van der Waals surface area contributed by atoms with E-state index >= 15 is 0 Å². The second-order valence-corrected chi connectivity index (χ2v) is 11.0. The highest BCUT2D eigenvalue weighted by Crippen LogP contribution is 2.36. The van der Waals surface area contributed by atoms with Crippen LogP contribution in [-0.2, 0) is 16.1 Å². The van der Waals surface area contributed by atoms with E-state index in [2.05, 4.69) is 10.2 Å². The number of fused-ring (bicyclic) bond motifs is 1. The third-order valence-corrected chi connectivity index (χ3v) is 8.05. The second kappa shape index (κ2) is 13.4. The number of benzene rings is 4. The van der Waals surface area contributed by atoms with Gasteiger partial charge >= 0.3 is 0 Å². The van der Waals surface area contributed by atoms with Gasteiger partial charge in [-0.3, -0.25) is 29.4 Å². The lowest BCUT2D eigenvalue weighted by Gasteiger charge is -2.22. The molecular weight excluding hydrogens is 580 g/mol. The first-order chi connectivity index (χ1) is 21.2. The summed E-state index contributed by atoms with van der Waals surface area (Å²) >= 11 is 0.856. The predicted octanol–water partition coefficient (Wildman–Crippen LogP) is 6.85. The number of hydrogen-bond acceptors (Lipinski definition) is 8. The van der Waals surface area contributed by atoms with Crippen molar-refractivity contribution in [2.24, 2.45) is 0 Å². The number of amides is 3. The van der Waals surface area contributed by atoms with Gasteiger partial charge in [-0.1, -0.05) is 42.5 Å². The first-order valence-corrected chi connectivity index (χ1v) is 14.9. The molecular formula is C33H30N4O6S. The first kappa shape index (κ1) is 30.3. The van der Waals surface area contributed by atoms with E-state index in [1.165, 1.54) is 23.1 Å². The lowest BCUT2D eigenvalue weighted by atomic mass is 10.1. The Morgan fingerprint density at radius 1 is 0.977 bits per heavy atom. The molecule has 1 heterocycles. The van der Waals surface area contributed by atoms with Crippen LogP contribution in [0, 0.1) is 10.1 Å². The summed E-state index contributed by atoms with van der Waals surface area (Å²) in [4.78, 5) is 53.1. The zero-order chi connectivity index (χ0) is 31.2. The number of nitro groups is 1. The number of non-ortho nitro benzene ring substituents is 1. The number of nitro benzene ring substituents is 1. The van der Waals surface area contributed by atoms with E-state index in [0.717, 1.165) is 46.9 Å². The molecule has 1 fully saturated rings. The highest BCUT2D eigenvalue weighted by Gasteiger charge is 2.35. The van der Waals surface area contributed by atoms with E-state index in [-0.39, 0.29) is 34.7 Å². The van der Waals surface area contributed by atoms with Crippen LogP contribution in [0.5, 0.6) is 5.75 Å². The molecule has 5 rings (SSSR count). The maximum absolute atomic E-state index is 13.4. The Hall–Kier alpha value is -5.16. The summed E-state index contributed by atoms with van der Waals surface area (Å²) in [5, 5.41) is 15.4. The molecule has 3 amide bonds. The molecule has 1 aliphatic heterocycles. The number of nitrogens with one attached hydrogen (secondary N) is 1. The standard InChI is InChI=1S/C33H30N4O6S/c1-3-35(4-2)27-15-14-25(29(19-27)43-21-31(38)34-26-10-7-11-28(18-26)37(41)42)17-30-32(39)36(33(40)44-30)20-22-12-13-23-8-5-6-9-24(23)16-22/h5-19H,3-4,20-21H2,1-2H3,(H,34,38)/b30-17-. The summed E-state index contributed by atoms with van der Waals surface area (Å²) in [7, 11) is 0. The average molecular weight is 611 g/mol. The highest BCUT2D eigenvalue weighted by atomic mass is 32.2. The van der Waals surface area contributed by atoms with Crippen molar-refractivity contribution in [3.8, 4) is 5.75 Å². The summed E-state index contributed by atoms with van der Waals surface area (Å²) in [6.07, 6.45) is 1.60. The van der Waals surface area contributed by atoms with Crippen LogP contribution in [0.4, 0.5) is 21.9 Å². The molecule has 0 spiro atoms. The number of carbonyl (C=O) groups excluding carboxylic acids is 3. The van der Waals surface area contributed by atoms with Gasteiger partial charge in [0.25, 0.3) is 22.7 Å². The van der Waals surface area contributed by atoms with Gasteiger partial charge in [-0.2, -0.15) is 0 Å². The quantitative estimate of drug-likeness (QED) is 0.111. The highest BCUT2D eigenvalue weighted by molar-refractivity contribution is 8.18. The van der Waals surface area contributed by atoms with Crippen LogP contribution in [0.3, 0.4) is 0 Å². The molecule has 44 heavy (non-hydrogen) atoms. The van der Waals surface area contributed by atoms with Crippen molar-refractivity contribution in [3.63, 3.8) is 0 Å². The Bertz CT molecular complexity index is 1790. The molecule has 11 heteroatoms. The molecule has 1 saturated heterocycles. The van der Waals surface area contributed by atoms with Crippen LogP contribution in [0.25, 0.3) is 16.8 Å². The van der Waals surface area contributed by atoms with E-state index in [1.54, 1.807) is 24.3 Å². The van der Waals surface area contributed by atoms with Crippen molar-refractivity contribution in [2.45, 2.75) is 20.4 Å². The number of carbonyl (C=O) groups is 3. The van der Waals surface area contributed by atoms with E-state index < -0.39 is 16.7 Å². The van der Waals surface area contributed by atoms with Crippen LogP contribution in [0.15, 0.2) is 89.8 Å². The van der Waals surface area contributed by atoms with Gasteiger partial charge < -0.3 is 15.0 Å². The third-order valence-electron chi connectivity index (χ3n) is 7.14. The van der Waals surface area contributed by atoms with Crippen LogP contribution in [-0.4, -0.2) is 46.6 Å². The number of ether oxygens (including phenoxy) is 1. The Morgan fingerprint density at radius 3 is 2.50 bits per heavy atom. The van der Waals surface area contributed by atoms with Crippen molar-refractivity contribution >= 4 is 62.7 Å². The normalized spacial score (nSPS) is 13.9. The van der Waals surface area contributed by atoms with Crippen LogP contribution < -0.4 is 15.0 Å². The Balaban J connectivity index is 1.36.